The van der Waals surface area contributed by atoms with Gasteiger partial charge in [0, 0.05) is 0 Å². The van der Waals surface area contributed by atoms with Crippen LogP contribution in [0.5, 0.6) is 0 Å². The maximum atomic E-state index is 11.1. The summed E-state index contributed by atoms with van der Waals surface area (Å²) in [5, 5.41) is 0. The normalized spacial score (nSPS) is 23.2. The van der Waals surface area contributed by atoms with E-state index < -0.39 is 10.1 Å². The van der Waals surface area contributed by atoms with Crippen LogP contribution in [0.3, 0.4) is 0 Å². The molecule has 1 saturated carbocycles. The molecule has 2 rings (SSSR count). The number of benzene rings is 1. The second-order valence-electron chi connectivity index (χ2n) is 9.34. The van der Waals surface area contributed by atoms with Gasteiger partial charge in [-0.05, 0) is 92.0 Å². The van der Waals surface area contributed by atoms with Crippen LogP contribution in [0.2, 0.25) is 0 Å². The maximum Gasteiger partial charge on any atom is 1.00 e. The number of hydrogen-bond acceptors (Lipinski definition) is 3. The predicted octanol–water partition coefficient (Wildman–Crippen LogP) is 3.66. The van der Waals surface area contributed by atoms with Crippen LogP contribution in [0.1, 0.15) is 78.2 Å². The quantitative estimate of drug-likeness (QED) is 0.218. The Balaban J connectivity index is 0.00000450. The van der Waals surface area contributed by atoms with E-state index in [2.05, 4.69) is 27.7 Å². The summed E-state index contributed by atoms with van der Waals surface area (Å²) >= 11 is 0. The molecule has 0 saturated heterocycles. The first kappa shape index (κ1) is 28.6. The molecule has 1 aromatic rings. The van der Waals surface area contributed by atoms with Gasteiger partial charge in [-0.25, -0.2) is 8.42 Å². The zero-order chi connectivity index (χ0) is 21.4. The molecule has 0 N–H and O–H groups in total. The van der Waals surface area contributed by atoms with Gasteiger partial charge < -0.3 is 4.55 Å². The number of unbranched alkanes of at least 4 members (excludes halogenated alkanes) is 2. The van der Waals surface area contributed by atoms with E-state index >= 15 is 0 Å². The molecule has 0 spiro atoms. The molecule has 1 fully saturated rings. The van der Waals surface area contributed by atoms with Crippen LogP contribution in [0, 0.1) is 17.8 Å². The van der Waals surface area contributed by atoms with Gasteiger partial charge in [0.25, 0.3) is 0 Å². The number of aryl methyl sites for hydroxylation is 1. The fourth-order valence-corrected chi connectivity index (χ4v) is 9.24. The van der Waals surface area contributed by atoms with E-state index in [1.165, 1.54) is 63.0 Å². The molecule has 0 radical (unpaired) electrons. The molecule has 0 amide bonds. The fraction of sp³-hybridized carbons (Fsp3) is 0.750. The van der Waals surface area contributed by atoms with Crippen LogP contribution in [0.15, 0.2) is 29.2 Å². The van der Waals surface area contributed by atoms with Crippen LogP contribution < -0.4 is 29.6 Å². The summed E-state index contributed by atoms with van der Waals surface area (Å²) in [4.78, 5) is -0.129. The topological polar surface area (TPSA) is 57.2 Å². The van der Waals surface area contributed by atoms with E-state index in [0.717, 1.165) is 41.8 Å². The van der Waals surface area contributed by atoms with Crippen molar-refractivity contribution in [2.45, 2.75) is 89.6 Å². The Kier molecular flexibility index (Phi) is 13.3. The van der Waals surface area contributed by atoms with Crippen molar-refractivity contribution >= 4 is 18.0 Å². The van der Waals surface area contributed by atoms with E-state index in [4.69, 9.17) is 0 Å². The average Bonchev–Trinajstić information content (AvgIpc) is 2.66. The van der Waals surface area contributed by atoms with E-state index in [-0.39, 0.29) is 42.4 Å². The third kappa shape index (κ3) is 9.20. The van der Waals surface area contributed by atoms with Gasteiger partial charge in [-0.3, -0.25) is 0 Å². The van der Waals surface area contributed by atoms with Crippen molar-refractivity contribution in [3.8, 4) is 0 Å². The smallest absolute Gasteiger partial charge is 0.744 e. The maximum absolute atomic E-state index is 11.1. The molecule has 1 aromatic carbocycles. The standard InChI is InChI=1S/C24H41O3PS.Na/c1-5-6-16-28(24-18-20(4)10-15-23(24)19(2)3)17-8-7-9-21-11-13-22(14-12-21)29(25,26)27;/h11-14,19-20,23-24H,5-10,15-18H2,1-4H3,(H,25,26,27);/q;+1/p-1. The fourth-order valence-electron chi connectivity index (χ4n) is 4.84. The van der Waals surface area contributed by atoms with Gasteiger partial charge in [0.15, 0.2) is 0 Å². The van der Waals surface area contributed by atoms with Crippen LogP contribution in [0.4, 0.5) is 0 Å². The summed E-state index contributed by atoms with van der Waals surface area (Å²) in [6.45, 7) is 9.60. The summed E-state index contributed by atoms with van der Waals surface area (Å²) in [5.74, 6) is 2.60. The second-order valence-corrected chi connectivity index (χ2v) is 13.5. The van der Waals surface area contributed by atoms with Gasteiger partial charge in [-0.15, -0.1) is 7.92 Å². The van der Waals surface area contributed by atoms with Gasteiger partial charge in [-0.2, -0.15) is 0 Å². The van der Waals surface area contributed by atoms with Crippen molar-refractivity contribution < 1.29 is 42.5 Å². The molecule has 0 aromatic heterocycles. The zero-order valence-electron chi connectivity index (χ0n) is 19.8. The van der Waals surface area contributed by atoms with E-state index in [1.54, 1.807) is 12.1 Å². The van der Waals surface area contributed by atoms with Crippen molar-refractivity contribution in [2.24, 2.45) is 17.8 Å². The SMILES string of the molecule is CCCCP(CCCCc1ccc(S(=O)(=O)[O-])cc1)C1CC(C)CCC1C(C)C.[Na+]. The molecule has 3 nitrogen and oxygen atoms in total. The first-order valence-electron chi connectivity index (χ1n) is 11.5. The summed E-state index contributed by atoms with van der Waals surface area (Å²) in [7, 11) is -4.25. The van der Waals surface area contributed by atoms with Crippen molar-refractivity contribution in [3.05, 3.63) is 29.8 Å². The first-order valence-corrected chi connectivity index (χ1v) is 14.7. The molecular formula is C24H40NaO3PS. The van der Waals surface area contributed by atoms with Gasteiger partial charge >= 0.3 is 29.6 Å². The molecule has 4 unspecified atom stereocenters. The Morgan fingerprint density at radius 2 is 1.70 bits per heavy atom. The van der Waals surface area contributed by atoms with Crippen LogP contribution in [0.25, 0.3) is 0 Å². The summed E-state index contributed by atoms with van der Waals surface area (Å²) in [5.41, 5.74) is 2.07. The monoisotopic (exact) mass is 462 g/mol. The molecule has 0 bridgehead atoms. The summed E-state index contributed by atoms with van der Waals surface area (Å²) in [6.07, 6.45) is 13.1. The van der Waals surface area contributed by atoms with Crippen molar-refractivity contribution in [1.29, 1.82) is 0 Å². The van der Waals surface area contributed by atoms with Gasteiger partial charge in [0.05, 0.1) is 4.90 Å². The Morgan fingerprint density at radius 3 is 2.27 bits per heavy atom. The minimum absolute atomic E-state index is 0. The van der Waals surface area contributed by atoms with Gasteiger partial charge in [0.1, 0.15) is 10.1 Å². The van der Waals surface area contributed by atoms with Crippen LogP contribution in [-0.4, -0.2) is 31.0 Å². The van der Waals surface area contributed by atoms with Crippen molar-refractivity contribution in [3.63, 3.8) is 0 Å². The zero-order valence-corrected chi connectivity index (χ0v) is 23.5. The Bertz CT molecular complexity index is 706. The number of hydrogen-bond donors (Lipinski definition) is 0. The molecular weight excluding hydrogens is 422 g/mol. The third-order valence-corrected chi connectivity index (χ3v) is 10.8. The minimum atomic E-state index is -4.34. The van der Waals surface area contributed by atoms with Crippen LogP contribution in [-0.2, 0) is 16.5 Å². The minimum Gasteiger partial charge on any atom is -0.744 e. The molecule has 0 aliphatic heterocycles. The Hall–Kier alpha value is 0.560. The molecule has 1 aliphatic rings. The molecule has 166 valence electrons. The molecule has 4 atom stereocenters. The second kappa shape index (κ2) is 14.0. The van der Waals surface area contributed by atoms with E-state index in [0.29, 0.717) is 0 Å². The Labute approximate surface area is 209 Å². The van der Waals surface area contributed by atoms with Gasteiger partial charge in [0.2, 0.25) is 0 Å². The van der Waals surface area contributed by atoms with E-state index in [1.807, 2.05) is 0 Å². The van der Waals surface area contributed by atoms with Crippen molar-refractivity contribution in [2.75, 3.05) is 12.3 Å². The average molecular weight is 463 g/mol. The molecule has 30 heavy (non-hydrogen) atoms. The summed E-state index contributed by atoms with van der Waals surface area (Å²) in [6, 6.07) is 6.48. The molecule has 6 heteroatoms. The molecule has 0 heterocycles. The summed E-state index contributed by atoms with van der Waals surface area (Å²) < 4.78 is 33.2. The first-order chi connectivity index (χ1) is 13.7. The van der Waals surface area contributed by atoms with Crippen molar-refractivity contribution in [1.82, 2.24) is 0 Å². The third-order valence-electron chi connectivity index (χ3n) is 6.63. The predicted molar refractivity (Wildman–Crippen MR) is 124 cm³/mol. The number of rotatable bonds is 11. The van der Waals surface area contributed by atoms with E-state index in [9.17, 15) is 13.0 Å². The molecule has 1 aliphatic carbocycles. The van der Waals surface area contributed by atoms with Gasteiger partial charge in [-0.1, -0.05) is 52.7 Å². The van der Waals surface area contributed by atoms with Crippen LogP contribution >= 0.6 is 7.92 Å². The Morgan fingerprint density at radius 1 is 1.07 bits per heavy atom. The largest absolute Gasteiger partial charge is 1.00 e.